The lowest BCUT2D eigenvalue weighted by Crippen LogP contribution is -2.04. The van der Waals surface area contributed by atoms with E-state index in [2.05, 4.69) is 5.32 Å². The van der Waals surface area contributed by atoms with Crippen LogP contribution in [0.1, 0.15) is 0 Å². The average molecular weight is 264 g/mol. The molecule has 2 aromatic rings. The molecule has 0 bridgehead atoms. The van der Waals surface area contributed by atoms with Crippen molar-refractivity contribution in [1.82, 2.24) is 0 Å². The van der Waals surface area contributed by atoms with E-state index in [0.29, 0.717) is 5.02 Å². The van der Waals surface area contributed by atoms with Gasteiger partial charge in [0, 0.05) is 10.6 Å². The summed E-state index contributed by atoms with van der Waals surface area (Å²) < 4.78 is 0. The van der Waals surface area contributed by atoms with Crippen LogP contribution >= 0.6 is 23.4 Å². The number of benzene rings is 2. The van der Waals surface area contributed by atoms with Crippen LogP contribution in [-0.4, -0.2) is 5.24 Å². The molecule has 0 saturated heterocycles. The first-order valence-electron chi connectivity index (χ1n) is 5.04. The van der Waals surface area contributed by atoms with Crippen molar-refractivity contribution >= 4 is 34.3 Å². The van der Waals surface area contributed by atoms with Gasteiger partial charge in [0.2, 0.25) is 0 Å². The van der Waals surface area contributed by atoms with Gasteiger partial charge in [-0.15, -0.1) is 0 Å². The lowest BCUT2D eigenvalue weighted by molar-refractivity contribution is 0.270. The molecule has 4 heteroatoms. The van der Waals surface area contributed by atoms with Gasteiger partial charge in [0.1, 0.15) is 0 Å². The number of anilines is 1. The third-order valence-corrected chi connectivity index (χ3v) is 3.36. The highest BCUT2D eigenvalue weighted by Gasteiger charge is 2.07. The summed E-state index contributed by atoms with van der Waals surface area (Å²) in [5.41, 5.74) is 0.775. The lowest BCUT2D eigenvalue weighted by Gasteiger charge is -2.05. The summed E-state index contributed by atoms with van der Waals surface area (Å²) in [6, 6.07) is 16.6. The molecule has 0 aliphatic heterocycles. The molecule has 2 aromatic carbocycles. The van der Waals surface area contributed by atoms with E-state index in [0.717, 1.165) is 22.3 Å². The molecule has 2 rings (SSSR count). The Hall–Kier alpha value is -1.45. The third kappa shape index (κ3) is 3.51. The van der Waals surface area contributed by atoms with Crippen molar-refractivity contribution < 1.29 is 4.79 Å². The first-order chi connectivity index (χ1) is 8.25. The zero-order chi connectivity index (χ0) is 12.1. The summed E-state index contributed by atoms with van der Waals surface area (Å²) in [7, 11) is 0. The van der Waals surface area contributed by atoms with Gasteiger partial charge in [-0.05, 0) is 36.0 Å². The Morgan fingerprint density at radius 3 is 2.35 bits per heavy atom. The smallest absolute Gasteiger partial charge is 0.288 e. The first-order valence-corrected chi connectivity index (χ1v) is 6.23. The summed E-state index contributed by atoms with van der Waals surface area (Å²) in [5, 5.41) is 3.22. The lowest BCUT2D eigenvalue weighted by atomic mass is 10.3. The monoisotopic (exact) mass is 263 g/mol. The van der Waals surface area contributed by atoms with E-state index >= 15 is 0 Å². The van der Waals surface area contributed by atoms with E-state index in [1.807, 2.05) is 48.5 Å². The van der Waals surface area contributed by atoms with Crippen molar-refractivity contribution in [2.45, 2.75) is 4.90 Å². The van der Waals surface area contributed by atoms with Gasteiger partial charge in [0.25, 0.3) is 5.24 Å². The maximum Gasteiger partial charge on any atom is 0.288 e. The zero-order valence-electron chi connectivity index (χ0n) is 8.89. The molecule has 0 saturated carbocycles. The van der Waals surface area contributed by atoms with E-state index in [9.17, 15) is 4.79 Å². The van der Waals surface area contributed by atoms with Gasteiger partial charge in [0.15, 0.2) is 0 Å². The molecule has 0 aromatic heterocycles. The number of hydrogen-bond donors (Lipinski definition) is 1. The average Bonchev–Trinajstić information content (AvgIpc) is 2.33. The number of para-hydroxylation sites is 1. The predicted molar refractivity (Wildman–Crippen MR) is 72.8 cm³/mol. The number of thioether (sulfide) groups is 1. The standard InChI is InChI=1S/C13H10ClNOS/c14-11-8-4-5-9-12(11)17-13(16)15-10-6-2-1-3-7-10/h1-9H,(H,15,16). The van der Waals surface area contributed by atoms with Crippen LogP contribution in [0.2, 0.25) is 5.02 Å². The van der Waals surface area contributed by atoms with E-state index < -0.39 is 0 Å². The molecule has 0 atom stereocenters. The Labute approximate surface area is 109 Å². The molecule has 0 unspecified atom stereocenters. The van der Waals surface area contributed by atoms with Crippen molar-refractivity contribution in [3.05, 3.63) is 59.6 Å². The first kappa shape index (κ1) is 12.0. The number of halogens is 1. The van der Waals surface area contributed by atoms with Crippen molar-refractivity contribution in [3.8, 4) is 0 Å². The summed E-state index contributed by atoms with van der Waals surface area (Å²) in [5.74, 6) is 0. The summed E-state index contributed by atoms with van der Waals surface area (Å²) in [6.45, 7) is 0. The van der Waals surface area contributed by atoms with Crippen LogP contribution in [0.3, 0.4) is 0 Å². The van der Waals surface area contributed by atoms with Crippen LogP contribution in [0.4, 0.5) is 10.5 Å². The minimum atomic E-state index is -0.149. The Morgan fingerprint density at radius 2 is 1.65 bits per heavy atom. The summed E-state index contributed by atoms with van der Waals surface area (Å²) in [4.78, 5) is 12.5. The Kier molecular flexibility index (Phi) is 4.07. The second-order valence-electron chi connectivity index (χ2n) is 3.31. The number of rotatable bonds is 2. The van der Waals surface area contributed by atoms with Crippen molar-refractivity contribution in [2.75, 3.05) is 5.32 Å². The van der Waals surface area contributed by atoms with Crippen molar-refractivity contribution in [3.63, 3.8) is 0 Å². The number of amides is 1. The van der Waals surface area contributed by atoms with Crippen LogP contribution in [0.5, 0.6) is 0 Å². The second kappa shape index (κ2) is 5.75. The highest BCUT2D eigenvalue weighted by Crippen LogP contribution is 2.27. The molecule has 86 valence electrons. The van der Waals surface area contributed by atoms with E-state index in [1.54, 1.807) is 6.07 Å². The van der Waals surface area contributed by atoms with Crippen LogP contribution in [0.25, 0.3) is 0 Å². The predicted octanol–water partition coefficient (Wildman–Crippen LogP) is 4.66. The van der Waals surface area contributed by atoms with Crippen molar-refractivity contribution in [1.29, 1.82) is 0 Å². The van der Waals surface area contributed by atoms with E-state index in [4.69, 9.17) is 11.6 Å². The van der Waals surface area contributed by atoms with E-state index in [-0.39, 0.29) is 5.24 Å². The Balaban J connectivity index is 2.01. The molecule has 1 amide bonds. The van der Waals surface area contributed by atoms with Gasteiger partial charge in [-0.2, -0.15) is 0 Å². The zero-order valence-corrected chi connectivity index (χ0v) is 10.5. The SMILES string of the molecule is O=C(Nc1ccccc1)Sc1ccccc1Cl. The summed E-state index contributed by atoms with van der Waals surface area (Å²) in [6.07, 6.45) is 0. The van der Waals surface area contributed by atoms with Gasteiger partial charge in [-0.3, -0.25) is 4.79 Å². The highest BCUT2D eigenvalue weighted by molar-refractivity contribution is 8.14. The third-order valence-electron chi connectivity index (χ3n) is 2.06. The number of hydrogen-bond acceptors (Lipinski definition) is 2. The largest absolute Gasteiger partial charge is 0.317 e. The fourth-order valence-electron chi connectivity index (χ4n) is 1.29. The fourth-order valence-corrected chi connectivity index (χ4v) is 2.22. The molecule has 0 fully saturated rings. The molecule has 0 spiro atoms. The van der Waals surface area contributed by atoms with Crippen LogP contribution in [-0.2, 0) is 0 Å². The molecule has 1 N–H and O–H groups in total. The number of carbonyl (C=O) groups is 1. The maximum absolute atomic E-state index is 11.7. The van der Waals surface area contributed by atoms with Gasteiger partial charge in [-0.1, -0.05) is 41.9 Å². The molecule has 2 nitrogen and oxygen atoms in total. The maximum atomic E-state index is 11.7. The molecule has 17 heavy (non-hydrogen) atoms. The van der Waals surface area contributed by atoms with Gasteiger partial charge >= 0.3 is 0 Å². The Bertz CT molecular complexity index is 516. The second-order valence-corrected chi connectivity index (χ2v) is 4.73. The van der Waals surface area contributed by atoms with Gasteiger partial charge in [-0.25, -0.2) is 0 Å². The van der Waals surface area contributed by atoms with Crippen molar-refractivity contribution in [2.24, 2.45) is 0 Å². The van der Waals surface area contributed by atoms with Gasteiger partial charge in [0.05, 0.1) is 5.02 Å². The molecule has 0 radical (unpaired) electrons. The molecule has 0 heterocycles. The quantitative estimate of drug-likeness (QED) is 0.798. The molecule has 0 aliphatic carbocycles. The molecular formula is C13H10ClNOS. The molecule has 0 aliphatic rings. The minimum absolute atomic E-state index is 0.149. The van der Waals surface area contributed by atoms with Gasteiger partial charge < -0.3 is 5.32 Å². The van der Waals surface area contributed by atoms with E-state index in [1.165, 1.54) is 0 Å². The van der Waals surface area contributed by atoms with Crippen LogP contribution in [0, 0.1) is 0 Å². The normalized spacial score (nSPS) is 9.94. The minimum Gasteiger partial charge on any atom is -0.317 e. The van der Waals surface area contributed by atoms with Crippen LogP contribution in [0.15, 0.2) is 59.5 Å². The van der Waals surface area contributed by atoms with Crippen LogP contribution < -0.4 is 5.32 Å². The number of nitrogens with one attached hydrogen (secondary N) is 1. The Morgan fingerprint density at radius 1 is 1.00 bits per heavy atom. The highest BCUT2D eigenvalue weighted by atomic mass is 35.5. The summed E-state index contributed by atoms with van der Waals surface area (Å²) >= 11 is 7.05. The topological polar surface area (TPSA) is 29.1 Å². The number of carbonyl (C=O) groups excluding carboxylic acids is 1. The molecular weight excluding hydrogens is 254 g/mol. The fraction of sp³-hybridized carbons (Fsp3) is 0.